The lowest BCUT2D eigenvalue weighted by molar-refractivity contribution is -0.113. The van der Waals surface area contributed by atoms with E-state index < -0.39 is 11.6 Å². The zero-order valence-electron chi connectivity index (χ0n) is 10.9. The van der Waals surface area contributed by atoms with Crippen molar-refractivity contribution >= 4 is 46.5 Å². The Bertz CT molecular complexity index is 636. The van der Waals surface area contributed by atoms with Gasteiger partial charge in [-0.25, -0.2) is 8.78 Å². The van der Waals surface area contributed by atoms with Crippen LogP contribution in [0.4, 0.5) is 14.5 Å². The zero-order valence-corrected chi connectivity index (χ0v) is 13.4. The van der Waals surface area contributed by atoms with Crippen molar-refractivity contribution in [3.63, 3.8) is 0 Å². The van der Waals surface area contributed by atoms with E-state index in [2.05, 4.69) is 15.5 Å². The smallest absolute Gasteiger partial charge is 0.234 e. The van der Waals surface area contributed by atoms with Gasteiger partial charge in [0.2, 0.25) is 5.91 Å². The minimum Gasteiger partial charge on any atom is -0.323 e. The second-order valence-corrected chi connectivity index (χ2v) is 7.44. The third-order valence-electron chi connectivity index (χ3n) is 2.19. The number of carbonyl (C=O) groups excluding carboxylic acids is 1. The van der Waals surface area contributed by atoms with E-state index in [0.717, 1.165) is 22.2 Å². The molecule has 1 aromatic carbocycles. The number of nitrogens with zero attached hydrogens (tertiary/aromatic N) is 2. The van der Waals surface area contributed by atoms with Crippen LogP contribution in [0, 0.1) is 11.6 Å². The molecule has 21 heavy (non-hydrogen) atoms. The summed E-state index contributed by atoms with van der Waals surface area (Å²) in [5, 5.41) is 10.3. The molecule has 0 radical (unpaired) electrons. The first-order valence-corrected chi connectivity index (χ1v) is 8.71. The molecule has 0 unspecified atom stereocenters. The van der Waals surface area contributed by atoms with E-state index in [1.807, 2.05) is 6.92 Å². The zero-order chi connectivity index (χ0) is 15.2. The highest BCUT2D eigenvalue weighted by Gasteiger charge is 2.11. The van der Waals surface area contributed by atoms with E-state index >= 15 is 0 Å². The van der Waals surface area contributed by atoms with Crippen molar-refractivity contribution in [2.75, 3.05) is 16.8 Å². The molecule has 0 atom stereocenters. The van der Waals surface area contributed by atoms with E-state index in [9.17, 15) is 13.6 Å². The van der Waals surface area contributed by atoms with Gasteiger partial charge in [-0.05, 0) is 17.9 Å². The summed E-state index contributed by atoms with van der Waals surface area (Å²) in [4.78, 5) is 11.7. The van der Waals surface area contributed by atoms with E-state index in [4.69, 9.17) is 0 Å². The molecule has 2 rings (SSSR count). The van der Waals surface area contributed by atoms with Crippen LogP contribution >= 0.6 is 34.9 Å². The van der Waals surface area contributed by atoms with E-state index in [0.29, 0.717) is 4.34 Å². The lowest BCUT2D eigenvalue weighted by Gasteiger charge is -2.05. The molecule has 0 aliphatic carbocycles. The SMILES string of the molecule is CCSc1nnc(SCC(=O)Nc2ccc(F)cc2F)s1. The minimum atomic E-state index is -0.800. The third kappa shape index (κ3) is 4.94. The van der Waals surface area contributed by atoms with Gasteiger partial charge < -0.3 is 5.32 Å². The van der Waals surface area contributed by atoms with E-state index in [-0.39, 0.29) is 17.3 Å². The van der Waals surface area contributed by atoms with Crippen LogP contribution in [0.5, 0.6) is 0 Å². The molecule has 0 aliphatic heterocycles. The summed E-state index contributed by atoms with van der Waals surface area (Å²) in [6.07, 6.45) is 0. The number of rotatable bonds is 6. The molecule has 0 saturated carbocycles. The van der Waals surface area contributed by atoms with E-state index in [1.54, 1.807) is 11.8 Å². The van der Waals surface area contributed by atoms with Gasteiger partial charge >= 0.3 is 0 Å². The predicted octanol–water partition coefficient (Wildman–Crippen LogP) is 3.66. The van der Waals surface area contributed by atoms with Gasteiger partial charge in [0.25, 0.3) is 0 Å². The van der Waals surface area contributed by atoms with Crippen LogP contribution in [-0.2, 0) is 4.79 Å². The monoisotopic (exact) mass is 347 g/mol. The number of amides is 1. The van der Waals surface area contributed by atoms with E-state index in [1.165, 1.54) is 29.2 Å². The Morgan fingerprint density at radius 3 is 2.67 bits per heavy atom. The van der Waals surface area contributed by atoms with Crippen LogP contribution in [0.3, 0.4) is 0 Å². The molecule has 0 fully saturated rings. The van der Waals surface area contributed by atoms with Crippen LogP contribution in [0.25, 0.3) is 0 Å². The van der Waals surface area contributed by atoms with Crippen molar-refractivity contribution in [1.82, 2.24) is 10.2 Å². The van der Waals surface area contributed by atoms with Gasteiger partial charge in [0.1, 0.15) is 11.6 Å². The maximum Gasteiger partial charge on any atom is 0.234 e. The second-order valence-electron chi connectivity index (χ2n) is 3.73. The number of nitrogens with one attached hydrogen (secondary N) is 1. The van der Waals surface area contributed by atoms with Gasteiger partial charge in [-0.2, -0.15) is 0 Å². The van der Waals surface area contributed by atoms with Crippen LogP contribution in [0.1, 0.15) is 6.92 Å². The minimum absolute atomic E-state index is 0.0403. The number of aromatic nitrogens is 2. The molecular formula is C12H11F2N3OS3. The molecule has 1 aromatic heterocycles. The molecule has 9 heteroatoms. The number of benzene rings is 1. The average molecular weight is 347 g/mol. The molecule has 1 N–H and O–H groups in total. The summed E-state index contributed by atoms with van der Waals surface area (Å²) in [6, 6.07) is 3.00. The second kappa shape index (κ2) is 7.71. The molecule has 1 heterocycles. The lowest BCUT2D eigenvalue weighted by Crippen LogP contribution is -2.15. The first-order chi connectivity index (χ1) is 10.1. The number of halogens is 2. The highest BCUT2D eigenvalue weighted by Crippen LogP contribution is 2.28. The van der Waals surface area contributed by atoms with Crippen molar-refractivity contribution in [3.8, 4) is 0 Å². The normalized spacial score (nSPS) is 10.6. The standard InChI is InChI=1S/C12H11F2N3OS3/c1-2-19-11-16-17-12(21-11)20-6-10(18)15-9-4-3-7(13)5-8(9)14/h3-5H,2,6H2,1H3,(H,15,18). The number of hydrogen-bond acceptors (Lipinski definition) is 6. The van der Waals surface area contributed by atoms with Crippen molar-refractivity contribution in [3.05, 3.63) is 29.8 Å². The maximum atomic E-state index is 13.4. The quantitative estimate of drug-likeness (QED) is 0.808. The van der Waals surface area contributed by atoms with Crippen LogP contribution in [0.15, 0.2) is 26.9 Å². The third-order valence-corrected chi connectivity index (χ3v) is 5.26. The average Bonchev–Trinajstić information content (AvgIpc) is 2.88. The van der Waals surface area contributed by atoms with Crippen molar-refractivity contribution < 1.29 is 13.6 Å². The van der Waals surface area contributed by atoms with Crippen molar-refractivity contribution in [1.29, 1.82) is 0 Å². The van der Waals surface area contributed by atoms with Gasteiger partial charge in [0.15, 0.2) is 8.68 Å². The summed E-state index contributed by atoms with van der Waals surface area (Å²) < 4.78 is 27.7. The van der Waals surface area contributed by atoms with Gasteiger partial charge in [-0.3, -0.25) is 4.79 Å². The molecule has 2 aromatic rings. The highest BCUT2D eigenvalue weighted by molar-refractivity contribution is 8.03. The number of carbonyl (C=O) groups is 1. The van der Waals surface area contributed by atoms with Gasteiger partial charge in [0, 0.05) is 6.07 Å². The summed E-state index contributed by atoms with van der Waals surface area (Å²) in [6.45, 7) is 2.02. The fourth-order valence-electron chi connectivity index (χ4n) is 1.34. The van der Waals surface area contributed by atoms with Crippen molar-refractivity contribution in [2.45, 2.75) is 15.6 Å². The van der Waals surface area contributed by atoms with Crippen LogP contribution in [-0.4, -0.2) is 27.6 Å². The summed E-state index contributed by atoms with van der Waals surface area (Å²) in [5.74, 6) is -0.878. The lowest BCUT2D eigenvalue weighted by atomic mass is 10.3. The first kappa shape index (κ1) is 16.2. The largest absolute Gasteiger partial charge is 0.323 e. The van der Waals surface area contributed by atoms with Crippen LogP contribution in [0.2, 0.25) is 0 Å². The fourth-order valence-corrected chi connectivity index (χ4v) is 4.06. The first-order valence-electron chi connectivity index (χ1n) is 5.92. The Labute approximate surface area is 132 Å². The Morgan fingerprint density at radius 1 is 1.29 bits per heavy atom. The Kier molecular flexibility index (Phi) is 5.95. The molecule has 4 nitrogen and oxygen atoms in total. The summed E-state index contributed by atoms with van der Waals surface area (Å²) in [7, 11) is 0. The summed E-state index contributed by atoms with van der Waals surface area (Å²) in [5.41, 5.74) is -0.0403. The van der Waals surface area contributed by atoms with Crippen LogP contribution < -0.4 is 5.32 Å². The Balaban J connectivity index is 1.86. The molecular weight excluding hydrogens is 336 g/mol. The highest BCUT2D eigenvalue weighted by atomic mass is 32.2. The predicted molar refractivity (Wildman–Crippen MR) is 82.0 cm³/mol. The molecule has 0 aliphatic rings. The van der Waals surface area contributed by atoms with Crippen molar-refractivity contribution in [2.24, 2.45) is 0 Å². The Morgan fingerprint density at radius 2 is 2.00 bits per heavy atom. The Hall–Kier alpha value is -1.19. The van der Waals surface area contributed by atoms with Gasteiger partial charge in [-0.1, -0.05) is 41.8 Å². The van der Waals surface area contributed by atoms with Gasteiger partial charge in [0.05, 0.1) is 11.4 Å². The fraction of sp³-hybridized carbons (Fsp3) is 0.250. The molecule has 0 bridgehead atoms. The number of hydrogen-bond donors (Lipinski definition) is 1. The summed E-state index contributed by atoms with van der Waals surface area (Å²) >= 11 is 4.22. The molecule has 0 spiro atoms. The molecule has 112 valence electrons. The molecule has 1 amide bonds. The molecule has 0 saturated heterocycles. The number of anilines is 1. The maximum absolute atomic E-state index is 13.4. The van der Waals surface area contributed by atoms with Gasteiger partial charge in [-0.15, -0.1) is 10.2 Å². The topological polar surface area (TPSA) is 54.9 Å². The number of thioether (sulfide) groups is 2.